The second-order valence-corrected chi connectivity index (χ2v) is 11.7. The first-order valence-corrected chi connectivity index (χ1v) is 12.7. The Hall–Kier alpha value is -1.65. The van der Waals surface area contributed by atoms with Gasteiger partial charge in [0.25, 0.3) is 0 Å². The third-order valence-electron chi connectivity index (χ3n) is 3.64. The van der Waals surface area contributed by atoms with Crippen molar-refractivity contribution < 1.29 is 16.8 Å². The van der Waals surface area contributed by atoms with E-state index in [9.17, 15) is 16.8 Å². The zero-order chi connectivity index (χ0) is 20.5. The lowest BCUT2D eigenvalue weighted by atomic mass is 10.2. The van der Waals surface area contributed by atoms with Crippen molar-refractivity contribution in [2.75, 3.05) is 11.6 Å². The molecule has 1 heterocycles. The fraction of sp³-hybridized carbons (Fsp3) is 0.118. The van der Waals surface area contributed by atoms with E-state index in [1.165, 1.54) is 24.3 Å². The topological polar surface area (TPSA) is 93.2 Å². The smallest absolute Gasteiger partial charge is 0.226 e. The molecule has 0 saturated heterocycles. The zero-order valence-electron chi connectivity index (χ0n) is 14.4. The number of halogens is 2. The molecule has 0 atom stereocenters. The molecule has 0 spiro atoms. The third-order valence-corrected chi connectivity index (χ3v) is 8.66. The molecule has 0 saturated carbocycles. The van der Waals surface area contributed by atoms with Crippen LogP contribution in [0.5, 0.6) is 0 Å². The van der Waals surface area contributed by atoms with Crippen LogP contribution in [0.3, 0.4) is 0 Å². The normalized spacial score (nSPS) is 12.1. The van der Waals surface area contributed by atoms with E-state index in [1.807, 2.05) is 0 Å². The Morgan fingerprint density at radius 1 is 0.929 bits per heavy atom. The van der Waals surface area contributed by atoms with Crippen LogP contribution >= 0.6 is 34.5 Å². The molecule has 1 aromatic heterocycles. The van der Waals surface area contributed by atoms with Crippen molar-refractivity contribution in [3.8, 4) is 0 Å². The summed E-state index contributed by atoms with van der Waals surface area (Å²) in [4.78, 5) is 3.87. The van der Waals surface area contributed by atoms with Gasteiger partial charge >= 0.3 is 0 Å². The van der Waals surface area contributed by atoms with Gasteiger partial charge in [0, 0.05) is 22.8 Å². The molecule has 11 heteroatoms. The second-order valence-electron chi connectivity index (χ2n) is 5.82. The predicted molar refractivity (Wildman–Crippen MR) is 111 cm³/mol. The lowest BCUT2D eigenvalue weighted by Crippen LogP contribution is -2.07. The summed E-state index contributed by atoms with van der Waals surface area (Å²) in [6.07, 6.45) is 0.980. The van der Waals surface area contributed by atoms with Crippen LogP contribution in [0.15, 0.2) is 62.8 Å². The summed E-state index contributed by atoms with van der Waals surface area (Å²) >= 11 is 12.5. The highest BCUT2D eigenvalue weighted by Crippen LogP contribution is 2.35. The van der Waals surface area contributed by atoms with Crippen molar-refractivity contribution in [2.45, 2.75) is 20.8 Å². The molecular formula is C17H14Cl2N2O4S3. The first kappa shape index (κ1) is 21.1. The maximum Gasteiger partial charge on any atom is 0.226 e. The molecule has 1 N–H and O–H groups in total. The monoisotopic (exact) mass is 476 g/mol. The Labute approximate surface area is 177 Å². The molecule has 0 aliphatic carbocycles. The maximum absolute atomic E-state index is 13.0. The maximum atomic E-state index is 13.0. The number of nitrogens with zero attached hydrogens (tertiary/aromatic N) is 1. The average Bonchev–Trinajstić information content (AvgIpc) is 3.07. The molecule has 0 aliphatic heterocycles. The van der Waals surface area contributed by atoms with Gasteiger partial charge in [-0.25, -0.2) is 21.8 Å². The van der Waals surface area contributed by atoms with E-state index < -0.39 is 19.7 Å². The fourth-order valence-electron chi connectivity index (χ4n) is 2.25. The minimum atomic E-state index is -4.04. The van der Waals surface area contributed by atoms with Crippen LogP contribution in [-0.4, -0.2) is 28.1 Å². The number of benzene rings is 2. The van der Waals surface area contributed by atoms with Crippen LogP contribution in [0.4, 0.5) is 5.00 Å². The van der Waals surface area contributed by atoms with Gasteiger partial charge in [0.2, 0.25) is 24.0 Å². The summed E-state index contributed by atoms with van der Waals surface area (Å²) < 4.78 is 49.6. The number of nitrogens with one attached hydrogen (secondary N) is 1. The standard InChI is InChI=1S/C17H14Cl2N2O4S3/c1-27(22,23)17-21-16(28(24,25)14-8-6-13(19)7-9-14)15(26-17)20-10-11-2-4-12(18)5-3-11/h2-9,20H,10H2,1H3. The lowest BCUT2D eigenvalue weighted by Gasteiger charge is -2.07. The number of hydrogen-bond donors (Lipinski definition) is 1. The van der Waals surface area contributed by atoms with Gasteiger partial charge in [0.05, 0.1) is 4.90 Å². The first-order valence-electron chi connectivity index (χ1n) is 7.77. The Morgan fingerprint density at radius 2 is 1.46 bits per heavy atom. The Kier molecular flexibility index (Phi) is 6.02. The number of anilines is 1. The van der Waals surface area contributed by atoms with E-state index in [-0.39, 0.29) is 25.8 Å². The number of thiazole rings is 1. The van der Waals surface area contributed by atoms with Crippen molar-refractivity contribution in [1.82, 2.24) is 4.98 Å². The van der Waals surface area contributed by atoms with E-state index in [0.717, 1.165) is 23.2 Å². The Bertz CT molecular complexity index is 1200. The third kappa shape index (κ3) is 4.66. The van der Waals surface area contributed by atoms with E-state index in [1.54, 1.807) is 24.3 Å². The highest BCUT2D eigenvalue weighted by atomic mass is 35.5. The van der Waals surface area contributed by atoms with Gasteiger partial charge in [0.1, 0.15) is 5.00 Å². The van der Waals surface area contributed by atoms with Gasteiger partial charge < -0.3 is 5.32 Å². The summed E-state index contributed by atoms with van der Waals surface area (Å²) in [6.45, 7) is 0.270. The molecule has 0 aliphatic rings. The van der Waals surface area contributed by atoms with E-state index in [2.05, 4.69) is 10.3 Å². The molecular weight excluding hydrogens is 463 g/mol. The van der Waals surface area contributed by atoms with Crippen molar-refractivity contribution in [2.24, 2.45) is 0 Å². The summed E-state index contributed by atoms with van der Waals surface area (Å²) in [5.41, 5.74) is 0.841. The highest BCUT2D eigenvalue weighted by molar-refractivity contribution is 7.93. The molecule has 0 amide bonds. The van der Waals surface area contributed by atoms with E-state index >= 15 is 0 Å². The highest BCUT2D eigenvalue weighted by Gasteiger charge is 2.29. The van der Waals surface area contributed by atoms with Crippen LogP contribution in [0.1, 0.15) is 5.56 Å². The number of aromatic nitrogens is 1. The van der Waals surface area contributed by atoms with Gasteiger partial charge in [0.15, 0.2) is 5.03 Å². The first-order chi connectivity index (χ1) is 13.1. The van der Waals surface area contributed by atoms with Crippen molar-refractivity contribution in [3.05, 3.63) is 64.1 Å². The molecule has 28 heavy (non-hydrogen) atoms. The number of hydrogen-bond acceptors (Lipinski definition) is 7. The largest absolute Gasteiger partial charge is 0.370 e. The van der Waals surface area contributed by atoms with Gasteiger partial charge in [-0.05, 0) is 42.0 Å². The van der Waals surface area contributed by atoms with Crippen molar-refractivity contribution >= 4 is 59.2 Å². The van der Waals surface area contributed by atoms with Gasteiger partial charge in [-0.2, -0.15) is 0 Å². The summed E-state index contributed by atoms with van der Waals surface area (Å²) in [5, 5.41) is 3.74. The molecule has 3 aromatic rings. The van der Waals surface area contributed by atoms with Crippen LogP contribution in [0, 0.1) is 0 Å². The molecule has 0 unspecified atom stereocenters. The number of rotatable bonds is 6. The lowest BCUT2D eigenvalue weighted by molar-refractivity contribution is 0.591. The molecule has 0 radical (unpaired) electrons. The van der Waals surface area contributed by atoms with Crippen LogP contribution in [0.25, 0.3) is 0 Å². The van der Waals surface area contributed by atoms with Crippen LogP contribution < -0.4 is 5.32 Å². The summed E-state index contributed by atoms with van der Waals surface area (Å²) in [6, 6.07) is 12.6. The van der Waals surface area contributed by atoms with E-state index in [0.29, 0.717) is 10.0 Å². The summed E-state index contributed by atoms with van der Waals surface area (Å²) in [7, 11) is -7.72. The fourth-order valence-corrected chi connectivity index (χ4v) is 6.02. The summed E-state index contributed by atoms with van der Waals surface area (Å²) in [5.74, 6) is 0. The predicted octanol–water partition coefficient (Wildman–Crippen LogP) is 4.30. The number of sulfone groups is 2. The van der Waals surface area contributed by atoms with Gasteiger partial charge in [-0.15, -0.1) is 0 Å². The van der Waals surface area contributed by atoms with Gasteiger partial charge in [-0.1, -0.05) is 46.7 Å². The van der Waals surface area contributed by atoms with E-state index in [4.69, 9.17) is 23.2 Å². The minimum Gasteiger partial charge on any atom is -0.370 e. The molecule has 3 rings (SSSR count). The van der Waals surface area contributed by atoms with Crippen molar-refractivity contribution in [3.63, 3.8) is 0 Å². The van der Waals surface area contributed by atoms with Crippen LogP contribution in [-0.2, 0) is 26.2 Å². The minimum absolute atomic E-state index is 0.0307. The Morgan fingerprint density at radius 3 is 2.00 bits per heavy atom. The zero-order valence-corrected chi connectivity index (χ0v) is 18.3. The quantitative estimate of drug-likeness (QED) is 0.569. The molecule has 148 valence electrons. The molecule has 6 nitrogen and oxygen atoms in total. The van der Waals surface area contributed by atoms with Gasteiger partial charge in [-0.3, -0.25) is 0 Å². The Balaban J connectivity index is 2.02. The van der Waals surface area contributed by atoms with Crippen molar-refractivity contribution in [1.29, 1.82) is 0 Å². The SMILES string of the molecule is CS(=O)(=O)c1nc(S(=O)(=O)c2ccc(Cl)cc2)c(NCc2ccc(Cl)cc2)s1. The van der Waals surface area contributed by atoms with Crippen LogP contribution in [0.2, 0.25) is 10.0 Å². The molecule has 2 aromatic carbocycles. The molecule has 0 bridgehead atoms. The average molecular weight is 477 g/mol. The second kappa shape index (κ2) is 8.00. The molecule has 0 fully saturated rings.